The molecule has 0 spiro atoms. The lowest BCUT2D eigenvalue weighted by atomic mass is 10.1. The van der Waals surface area contributed by atoms with Gasteiger partial charge in [-0.15, -0.1) is 0 Å². The maximum atomic E-state index is 12.2. The Balaban J connectivity index is 1.65. The van der Waals surface area contributed by atoms with Crippen molar-refractivity contribution in [1.82, 2.24) is 15.1 Å². The number of carbonyl (C=O) groups is 1. The zero-order valence-corrected chi connectivity index (χ0v) is 13.2. The van der Waals surface area contributed by atoms with Gasteiger partial charge in [0.2, 0.25) is 5.91 Å². The lowest BCUT2D eigenvalue weighted by Crippen LogP contribution is -2.31. The third-order valence-corrected chi connectivity index (χ3v) is 3.67. The van der Waals surface area contributed by atoms with E-state index in [1.807, 2.05) is 32.0 Å². The second kappa shape index (κ2) is 6.20. The smallest absolute Gasteiger partial charge is 0.242 e. The summed E-state index contributed by atoms with van der Waals surface area (Å²) in [6.45, 7) is 4.94. The predicted molar refractivity (Wildman–Crippen MR) is 85.4 cm³/mol. The van der Waals surface area contributed by atoms with Crippen LogP contribution in [-0.4, -0.2) is 28.9 Å². The van der Waals surface area contributed by atoms with Crippen molar-refractivity contribution >= 4 is 11.7 Å². The van der Waals surface area contributed by atoms with Gasteiger partial charge >= 0.3 is 0 Å². The summed E-state index contributed by atoms with van der Waals surface area (Å²) in [4.78, 5) is 12.2. The number of nitrogens with zero attached hydrogens (tertiary/aromatic N) is 2. The topological polar surface area (TPSA) is 91.4 Å². The van der Waals surface area contributed by atoms with Crippen LogP contribution in [0.1, 0.15) is 24.2 Å². The van der Waals surface area contributed by atoms with Gasteiger partial charge in [-0.3, -0.25) is 4.79 Å². The molecule has 1 amide bonds. The molecule has 3 N–H and O–H groups in total. The molecule has 122 valence electrons. The molecule has 0 saturated carbocycles. The molecule has 1 aromatic heterocycles. The molecule has 1 unspecified atom stereocenters. The highest BCUT2D eigenvalue weighted by atomic mass is 16.6. The Morgan fingerprint density at radius 2 is 2.09 bits per heavy atom. The van der Waals surface area contributed by atoms with E-state index in [1.54, 1.807) is 6.07 Å². The first-order valence-corrected chi connectivity index (χ1v) is 7.52. The molecule has 2 heterocycles. The number of aryl methyl sites for hydroxylation is 1. The zero-order chi connectivity index (χ0) is 16.4. The lowest BCUT2D eigenvalue weighted by molar-refractivity contribution is -0.122. The molecule has 1 aromatic carbocycles. The van der Waals surface area contributed by atoms with Gasteiger partial charge in [0.15, 0.2) is 11.5 Å². The molecule has 0 aliphatic carbocycles. The molecule has 0 bridgehead atoms. The maximum Gasteiger partial charge on any atom is 0.242 e. The van der Waals surface area contributed by atoms with Gasteiger partial charge in [0.25, 0.3) is 0 Å². The molecule has 2 aromatic rings. The molecule has 7 nitrogen and oxygen atoms in total. The molecule has 1 aliphatic heterocycles. The fraction of sp³-hybridized carbons (Fsp3) is 0.375. The first-order valence-electron chi connectivity index (χ1n) is 7.52. The lowest BCUT2D eigenvalue weighted by Gasteiger charge is -2.21. The van der Waals surface area contributed by atoms with Crippen molar-refractivity contribution in [2.75, 3.05) is 18.9 Å². The molecular weight excluding hydrogens is 296 g/mol. The Morgan fingerprint density at radius 1 is 1.35 bits per heavy atom. The number of anilines is 1. The Labute approximate surface area is 134 Å². The van der Waals surface area contributed by atoms with E-state index in [4.69, 9.17) is 15.2 Å². The number of carbonyl (C=O) groups excluding carboxylic acids is 1. The van der Waals surface area contributed by atoms with Crippen molar-refractivity contribution in [2.24, 2.45) is 0 Å². The largest absolute Gasteiger partial charge is 0.486 e. The quantitative estimate of drug-likeness (QED) is 0.890. The highest BCUT2D eigenvalue weighted by Gasteiger charge is 2.16. The molecule has 1 atom stereocenters. The van der Waals surface area contributed by atoms with Gasteiger partial charge in [0.1, 0.15) is 25.6 Å². The van der Waals surface area contributed by atoms with Gasteiger partial charge in [0.05, 0.1) is 11.7 Å². The van der Waals surface area contributed by atoms with E-state index in [-0.39, 0.29) is 18.5 Å². The first kappa shape index (κ1) is 15.2. The summed E-state index contributed by atoms with van der Waals surface area (Å²) in [7, 11) is 0. The molecule has 7 heteroatoms. The summed E-state index contributed by atoms with van der Waals surface area (Å²) in [5.74, 6) is 1.77. The Morgan fingerprint density at radius 3 is 2.78 bits per heavy atom. The van der Waals surface area contributed by atoms with Crippen molar-refractivity contribution in [2.45, 2.75) is 26.4 Å². The van der Waals surface area contributed by atoms with Crippen LogP contribution in [0, 0.1) is 6.92 Å². The van der Waals surface area contributed by atoms with Crippen LogP contribution in [0.4, 0.5) is 5.82 Å². The van der Waals surface area contributed by atoms with Crippen LogP contribution in [0.5, 0.6) is 11.5 Å². The minimum Gasteiger partial charge on any atom is -0.486 e. The molecule has 0 radical (unpaired) electrons. The standard InChI is InChI=1S/C16H20N4O3/c1-10-7-15(17)20(19-10)9-16(21)18-11(2)12-3-4-13-14(8-12)23-6-5-22-13/h3-4,7-8,11H,5-6,9,17H2,1-2H3,(H,18,21). The number of aromatic nitrogens is 2. The predicted octanol–water partition coefficient (Wildman–Crippen LogP) is 1.42. The summed E-state index contributed by atoms with van der Waals surface area (Å²) >= 11 is 0. The maximum absolute atomic E-state index is 12.2. The van der Waals surface area contributed by atoms with E-state index >= 15 is 0 Å². The summed E-state index contributed by atoms with van der Waals surface area (Å²) in [5, 5.41) is 7.12. The van der Waals surface area contributed by atoms with Crippen molar-refractivity contribution in [3.63, 3.8) is 0 Å². The normalized spacial score (nSPS) is 14.3. The van der Waals surface area contributed by atoms with E-state index in [9.17, 15) is 4.79 Å². The zero-order valence-electron chi connectivity index (χ0n) is 13.2. The minimum atomic E-state index is -0.156. The van der Waals surface area contributed by atoms with E-state index < -0.39 is 0 Å². The number of rotatable bonds is 4. The Bertz CT molecular complexity index is 726. The van der Waals surface area contributed by atoms with Gasteiger partial charge in [-0.2, -0.15) is 5.10 Å². The average Bonchev–Trinajstić information content (AvgIpc) is 2.84. The van der Waals surface area contributed by atoms with Crippen molar-refractivity contribution in [3.05, 3.63) is 35.5 Å². The number of benzene rings is 1. The highest BCUT2D eigenvalue weighted by molar-refractivity contribution is 5.76. The molecule has 3 rings (SSSR count). The highest BCUT2D eigenvalue weighted by Crippen LogP contribution is 2.32. The second-order valence-corrected chi connectivity index (χ2v) is 5.56. The Kier molecular flexibility index (Phi) is 4.10. The SMILES string of the molecule is Cc1cc(N)n(CC(=O)NC(C)c2ccc3c(c2)OCCO3)n1. The van der Waals surface area contributed by atoms with E-state index in [2.05, 4.69) is 10.4 Å². The summed E-state index contributed by atoms with van der Waals surface area (Å²) in [6, 6.07) is 7.26. The van der Waals surface area contributed by atoms with E-state index in [1.165, 1.54) is 4.68 Å². The van der Waals surface area contributed by atoms with Crippen LogP contribution < -0.4 is 20.5 Å². The Hall–Kier alpha value is -2.70. The third kappa shape index (κ3) is 3.39. The summed E-state index contributed by atoms with van der Waals surface area (Å²) in [6.07, 6.45) is 0. The van der Waals surface area contributed by atoms with E-state index in [0.29, 0.717) is 24.8 Å². The van der Waals surface area contributed by atoms with Crippen molar-refractivity contribution < 1.29 is 14.3 Å². The molecule has 23 heavy (non-hydrogen) atoms. The van der Waals surface area contributed by atoms with Crippen LogP contribution in [0.15, 0.2) is 24.3 Å². The van der Waals surface area contributed by atoms with Crippen LogP contribution in [0.3, 0.4) is 0 Å². The number of nitrogens with two attached hydrogens (primary N) is 1. The monoisotopic (exact) mass is 316 g/mol. The summed E-state index contributed by atoms with van der Waals surface area (Å²) in [5.41, 5.74) is 7.54. The van der Waals surface area contributed by atoms with Crippen LogP contribution >= 0.6 is 0 Å². The number of fused-ring (bicyclic) bond motifs is 1. The summed E-state index contributed by atoms with van der Waals surface area (Å²) < 4.78 is 12.5. The molecule has 0 fully saturated rings. The van der Waals surface area contributed by atoms with Crippen LogP contribution in [0.25, 0.3) is 0 Å². The third-order valence-electron chi connectivity index (χ3n) is 3.67. The number of nitrogens with one attached hydrogen (secondary N) is 1. The van der Waals surface area contributed by atoms with E-state index in [0.717, 1.165) is 17.0 Å². The van der Waals surface area contributed by atoms with Crippen LogP contribution in [0.2, 0.25) is 0 Å². The number of ether oxygens (including phenoxy) is 2. The average molecular weight is 316 g/mol. The molecular formula is C16H20N4O3. The van der Waals surface area contributed by atoms with Gasteiger partial charge in [-0.05, 0) is 31.5 Å². The molecule has 1 aliphatic rings. The number of nitrogen functional groups attached to an aromatic ring is 1. The fourth-order valence-corrected chi connectivity index (χ4v) is 2.53. The minimum absolute atomic E-state index is 0.0918. The number of hydrogen-bond acceptors (Lipinski definition) is 5. The number of amides is 1. The van der Waals surface area contributed by atoms with Gasteiger partial charge < -0.3 is 20.5 Å². The van der Waals surface area contributed by atoms with Crippen LogP contribution in [-0.2, 0) is 11.3 Å². The second-order valence-electron chi connectivity index (χ2n) is 5.56. The van der Waals surface area contributed by atoms with Gasteiger partial charge in [0, 0.05) is 6.07 Å². The first-order chi connectivity index (χ1) is 11.0. The van der Waals surface area contributed by atoms with Gasteiger partial charge in [-0.25, -0.2) is 4.68 Å². The fourth-order valence-electron chi connectivity index (χ4n) is 2.53. The van der Waals surface area contributed by atoms with Crippen molar-refractivity contribution in [3.8, 4) is 11.5 Å². The number of hydrogen-bond donors (Lipinski definition) is 2. The molecule has 0 saturated heterocycles. The van der Waals surface area contributed by atoms with Gasteiger partial charge in [-0.1, -0.05) is 6.07 Å². The van der Waals surface area contributed by atoms with Crippen molar-refractivity contribution in [1.29, 1.82) is 0 Å².